The highest BCUT2D eigenvalue weighted by Gasteiger charge is 2.04. The molecule has 20 heavy (non-hydrogen) atoms. The van der Waals surface area contributed by atoms with Gasteiger partial charge in [-0.05, 0) is 37.6 Å². The van der Waals surface area contributed by atoms with Gasteiger partial charge in [-0.25, -0.2) is 4.98 Å². The topological polar surface area (TPSA) is 96.7 Å². The Morgan fingerprint density at radius 2 is 2.15 bits per heavy atom. The number of anilines is 2. The second-order valence-electron chi connectivity index (χ2n) is 4.33. The van der Waals surface area contributed by atoms with E-state index < -0.39 is 0 Å². The first-order valence-corrected chi connectivity index (χ1v) is 7.29. The lowest BCUT2D eigenvalue weighted by Crippen LogP contribution is -2.11. The van der Waals surface area contributed by atoms with Crippen molar-refractivity contribution < 1.29 is 4.79 Å². The lowest BCUT2D eigenvalue weighted by Gasteiger charge is -2.05. The number of rotatable bonds is 6. The first kappa shape index (κ1) is 14.4. The number of thioether (sulfide) groups is 1. The molecule has 0 saturated heterocycles. The molecular weight excluding hydrogens is 274 g/mol. The predicted molar refractivity (Wildman–Crippen MR) is 80.6 cm³/mol. The number of nitrogen functional groups attached to an aromatic ring is 1. The lowest BCUT2D eigenvalue weighted by molar-refractivity contribution is -0.116. The zero-order valence-electron chi connectivity index (χ0n) is 11.2. The van der Waals surface area contributed by atoms with Gasteiger partial charge < -0.3 is 11.1 Å². The maximum atomic E-state index is 11.7. The molecule has 1 aromatic carbocycles. The summed E-state index contributed by atoms with van der Waals surface area (Å²) >= 11 is 1.54. The fourth-order valence-corrected chi connectivity index (χ4v) is 2.36. The average molecular weight is 291 g/mol. The largest absolute Gasteiger partial charge is 0.399 e. The number of amides is 1. The Morgan fingerprint density at radius 1 is 1.40 bits per heavy atom. The van der Waals surface area contributed by atoms with Crippen molar-refractivity contribution in [2.24, 2.45) is 0 Å². The summed E-state index contributed by atoms with van der Waals surface area (Å²) in [6.45, 7) is 1.86. The minimum Gasteiger partial charge on any atom is -0.399 e. The molecule has 0 unspecified atom stereocenters. The molecule has 106 valence electrons. The zero-order chi connectivity index (χ0) is 14.4. The van der Waals surface area contributed by atoms with Crippen molar-refractivity contribution in [1.29, 1.82) is 0 Å². The van der Waals surface area contributed by atoms with Gasteiger partial charge in [-0.1, -0.05) is 11.8 Å². The summed E-state index contributed by atoms with van der Waals surface area (Å²) < 4.78 is 0. The van der Waals surface area contributed by atoms with Gasteiger partial charge in [-0.2, -0.15) is 0 Å². The molecule has 0 saturated carbocycles. The summed E-state index contributed by atoms with van der Waals surface area (Å²) in [6, 6.07) is 7.10. The number of hydrogen-bond donors (Lipinski definition) is 3. The molecule has 0 aliphatic rings. The molecule has 0 bridgehead atoms. The SMILES string of the molecule is Cc1nc(SCCCC(=O)Nc2ccc(N)cc2)n[nH]1. The van der Waals surface area contributed by atoms with Crippen molar-refractivity contribution >= 4 is 29.0 Å². The number of nitrogens with two attached hydrogens (primary N) is 1. The van der Waals surface area contributed by atoms with Crippen LogP contribution in [0.15, 0.2) is 29.4 Å². The van der Waals surface area contributed by atoms with Gasteiger partial charge in [0.15, 0.2) is 0 Å². The zero-order valence-corrected chi connectivity index (χ0v) is 12.0. The van der Waals surface area contributed by atoms with Gasteiger partial charge in [0.1, 0.15) is 5.82 Å². The first-order valence-electron chi connectivity index (χ1n) is 6.30. The van der Waals surface area contributed by atoms with E-state index in [1.807, 2.05) is 6.92 Å². The maximum absolute atomic E-state index is 11.7. The van der Waals surface area contributed by atoms with E-state index in [2.05, 4.69) is 20.5 Å². The van der Waals surface area contributed by atoms with Crippen LogP contribution in [0.4, 0.5) is 11.4 Å². The highest BCUT2D eigenvalue weighted by Crippen LogP contribution is 2.15. The van der Waals surface area contributed by atoms with Crippen molar-refractivity contribution in [3.05, 3.63) is 30.1 Å². The number of nitrogens with one attached hydrogen (secondary N) is 2. The van der Waals surface area contributed by atoms with Gasteiger partial charge in [0.2, 0.25) is 11.1 Å². The molecule has 0 spiro atoms. The minimum atomic E-state index is 0.00142. The van der Waals surface area contributed by atoms with E-state index in [4.69, 9.17) is 5.73 Å². The van der Waals surface area contributed by atoms with Crippen LogP contribution in [0, 0.1) is 6.92 Å². The van der Waals surface area contributed by atoms with Gasteiger partial charge in [0.05, 0.1) is 0 Å². The van der Waals surface area contributed by atoms with Gasteiger partial charge >= 0.3 is 0 Å². The Labute approximate surface area is 121 Å². The number of hydrogen-bond acceptors (Lipinski definition) is 5. The summed E-state index contributed by atoms with van der Waals surface area (Å²) in [5.74, 6) is 1.61. The molecular formula is C13H17N5OS. The number of H-pyrrole nitrogens is 1. The van der Waals surface area contributed by atoms with E-state index in [0.717, 1.165) is 28.8 Å². The predicted octanol–water partition coefficient (Wildman–Crippen LogP) is 2.21. The monoisotopic (exact) mass is 291 g/mol. The molecule has 1 heterocycles. The van der Waals surface area contributed by atoms with E-state index in [-0.39, 0.29) is 5.91 Å². The van der Waals surface area contributed by atoms with E-state index in [0.29, 0.717) is 12.1 Å². The van der Waals surface area contributed by atoms with Crippen molar-refractivity contribution in [2.45, 2.75) is 24.9 Å². The van der Waals surface area contributed by atoms with Crippen LogP contribution in [-0.4, -0.2) is 26.8 Å². The van der Waals surface area contributed by atoms with Gasteiger partial charge in [0.25, 0.3) is 0 Å². The van der Waals surface area contributed by atoms with Crippen LogP contribution in [0.2, 0.25) is 0 Å². The van der Waals surface area contributed by atoms with Gasteiger partial charge in [-0.15, -0.1) is 5.10 Å². The molecule has 0 aliphatic carbocycles. The summed E-state index contributed by atoms with van der Waals surface area (Å²) in [6.07, 6.45) is 1.25. The van der Waals surface area contributed by atoms with Crippen molar-refractivity contribution in [1.82, 2.24) is 15.2 Å². The number of benzene rings is 1. The quantitative estimate of drug-likeness (QED) is 0.431. The van der Waals surface area contributed by atoms with Gasteiger partial charge in [-0.3, -0.25) is 9.89 Å². The molecule has 2 aromatic rings. The number of aryl methyl sites for hydroxylation is 1. The lowest BCUT2D eigenvalue weighted by atomic mass is 10.2. The third-order valence-corrected chi connectivity index (χ3v) is 3.48. The molecule has 4 N–H and O–H groups in total. The number of aromatic amines is 1. The highest BCUT2D eigenvalue weighted by molar-refractivity contribution is 7.99. The summed E-state index contributed by atoms with van der Waals surface area (Å²) in [5.41, 5.74) is 7.03. The Kier molecular flexibility index (Phi) is 5.00. The van der Waals surface area contributed by atoms with Crippen molar-refractivity contribution in [2.75, 3.05) is 16.8 Å². The average Bonchev–Trinajstić information content (AvgIpc) is 2.83. The normalized spacial score (nSPS) is 10.4. The Bertz CT molecular complexity index is 566. The molecule has 6 nitrogen and oxygen atoms in total. The summed E-state index contributed by atoms with van der Waals surface area (Å²) in [4.78, 5) is 15.9. The smallest absolute Gasteiger partial charge is 0.224 e. The van der Waals surface area contributed by atoms with Crippen LogP contribution < -0.4 is 11.1 Å². The molecule has 1 aromatic heterocycles. The van der Waals surface area contributed by atoms with E-state index in [1.165, 1.54) is 0 Å². The summed E-state index contributed by atoms with van der Waals surface area (Å²) in [5, 5.41) is 10.4. The van der Waals surface area contributed by atoms with Crippen molar-refractivity contribution in [3.8, 4) is 0 Å². The number of carbonyl (C=O) groups is 1. The number of nitrogens with zero attached hydrogens (tertiary/aromatic N) is 2. The van der Waals surface area contributed by atoms with Crippen LogP contribution in [0.5, 0.6) is 0 Å². The van der Waals surface area contributed by atoms with Crippen LogP contribution in [-0.2, 0) is 4.79 Å². The number of carbonyl (C=O) groups excluding carboxylic acids is 1. The first-order chi connectivity index (χ1) is 9.63. The van der Waals surface area contributed by atoms with Crippen LogP contribution in [0.25, 0.3) is 0 Å². The van der Waals surface area contributed by atoms with Crippen molar-refractivity contribution in [3.63, 3.8) is 0 Å². The van der Waals surface area contributed by atoms with Crippen LogP contribution in [0.3, 0.4) is 0 Å². The Morgan fingerprint density at radius 3 is 2.80 bits per heavy atom. The van der Waals surface area contributed by atoms with Crippen LogP contribution >= 0.6 is 11.8 Å². The van der Waals surface area contributed by atoms with Gasteiger partial charge in [0, 0.05) is 23.5 Å². The summed E-state index contributed by atoms with van der Waals surface area (Å²) in [7, 11) is 0. The Balaban J connectivity index is 1.66. The molecule has 0 fully saturated rings. The second kappa shape index (κ2) is 6.95. The molecule has 0 aliphatic heterocycles. The van der Waals surface area contributed by atoms with E-state index >= 15 is 0 Å². The molecule has 0 radical (unpaired) electrons. The fraction of sp³-hybridized carbons (Fsp3) is 0.308. The fourth-order valence-electron chi connectivity index (χ4n) is 1.57. The molecule has 1 amide bonds. The second-order valence-corrected chi connectivity index (χ2v) is 5.39. The standard InChI is InChI=1S/C13H17N5OS/c1-9-15-13(18-17-9)20-8-2-3-12(19)16-11-6-4-10(14)5-7-11/h4-7H,2-3,8,14H2,1H3,(H,16,19)(H,15,17,18). The maximum Gasteiger partial charge on any atom is 0.224 e. The number of aromatic nitrogens is 3. The molecule has 7 heteroatoms. The van der Waals surface area contributed by atoms with E-state index in [9.17, 15) is 4.79 Å². The third-order valence-electron chi connectivity index (χ3n) is 2.55. The minimum absolute atomic E-state index is 0.00142. The highest BCUT2D eigenvalue weighted by atomic mass is 32.2. The van der Waals surface area contributed by atoms with E-state index in [1.54, 1.807) is 36.0 Å². The van der Waals surface area contributed by atoms with Crippen LogP contribution in [0.1, 0.15) is 18.7 Å². The molecule has 0 atom stereocenters. The Hall–Kier alpha value is -2.02. The third kappa shape index (κ3) is 4.58. The molecule has 2 rings (SSSR count).